The Morgan fingerprint density at radius 1 is 0.972 bits per heavy atom. The Morgan fingerprint density at radius 2 is 1.69 bits per heavy atom. The van der Waals surface area contributed by atoms with Crippen LogP contribution in [0.2, 0.25) is 0 Å². The quantitative estimate of drug-likeness (QED) is 0.295. The van der Waals surface area contributed by atoms with Crippen LogP contribution in [0.3, 0.4) is 0 Å². The molecule has 0 saturated carbocycles. The van der Waals surface area contributed by atoms with Gasteiger partial charge in [0.2, 0.25) is 0 Å². The zero-order chi connectivity index (χ0) is 25.7. The molecule has 0 aliphatic rings. The topological polar surface area (TPSA) is 94.8 Å². The zero-order valence-corrected chi connectivity index (χ0v) is 20.9. The van der Waals surface area contributed by atoms with Crippen molar-refractivity contribution in [3.8, 4) is 5.75 Å². The first kappa shape index (κ1) is 25.3. The second-order valence-electron chi connectivity index (χ2n) is 8.61. The van der Waals surface area contributed by atoms with E-state index in [4.69, 9.17) is 9.47 Å². The first-order chi connectivity index (χ1) is 17.3. The number of benzene rings is 3. The molecule has 36 heavy (non-hydrogen) atoms. The smallest absolute Gasteiger partial charge is 0.333 e. The summed E-state index contributed by atoms with van der Waals surface area (Å²) in [6.45, 7) is 4.25. The molecule has 4 aromatic rings. The molecule has 1 N–H and O–H groups in total. The summed E-state index contributed by atoms with van der Waals surface area (Å²) in [5.41, 5.74) is 2.74. The van der Waals surface area contributed by atoms with E-state index in [0.717, 1.165) is 27.1 Å². The van der Waals surface area contributed by atoms with Crippen molar-refractivity contribution in [2.45, 2.75) is 39.0 Å². The number of carbonyl (C=O) groups is 2. The summed E-state index contributed by atoms with van der Waals surface area (Å²) in [6, 6.07) is 21.5. The molecular formula is C28H27NO6S. The van der Waals surface area contributed by atoms with Gasteiger partial charge in [0.15, 0.2) is 11.9 Å². The van der Waals surface area contributed by atoms with E-state index in [9.17, 15) is 19.5 Å². The Labute approximate surface area is 212 Å². The molecule has 186 valence electrons. The Morgan fingerprint density at radius 3 is 2.36 bits per heavy atom. The van der Waals surface area contributed by atoms with Gasteiger partial charge in [-0.25, -0.2) is 4.79 Å². The maximum atomic E-state index is 12.7. The Balaban J connectivity index is 1.39. The number of aromatic nitrogens is 1. The van der Waals surface area contributed by atoms with Crippen molar-refractivity contribution >= 4 is 33.3 Å². The lowest BCUT2D eigenvalue weighted by molar-refractivity contribution is -0.153. The molecule has 0 amide bonds. The number of fused-ring (bicyclic) bond motifs is 1. The minimum Gasteiger partial charge on any atom is -0.492 e. The number of carbonyl (C=O) groups excluding carboxylic acids is 1. The number of carboxylic acids is 1. The van der Waals surface area contributed by atoms with Crippen molar-refractivity contribution < 1.29 is 24.2 Å². The lowest BCUT2D eigenvalue weighted by Gasteiger charge is -2.16. The maximum Gasteiger partial charge on any atom is 0.333 e. The summed E-state index contributed by atoms with van der Waals surface area (Å²) in [5, 5.41) is 9.34. The van der Waals surface area contributed by atoms with E-state index in [1.807, 2.05) is 30.3 Å². The van der Waals surface area contributed by atoms with Crippen molar-refractivity contribution in [2.24, 2.45) is 0 Å². The van der Waals surface area contributed by atoms with Crippen molar-refractivity contribution in [2.75, 3.05) is 6.61 Å². The Hall–Kier alpha value is -3.75. The van der Waals surface area contributed by atoms with Crippen LogP contribution >= 0.6 is 11.3 Å². The van der Waals surface area contributed by atoms with E-state index in [2.05, 4.69) is 0 Å². The summed E-state index contributed by atoms with van der Waals surface area (Å²) in [6.07, 6.45) is -0.820. The fourth-order valence-corrected chi connectivity index (χ4v) is 4.84. The summed E-state index contributed by atoms with van der Waals surface area (Å²) in [4.78, 5) is 36.6. The third-order valence-corrected chi connectivity index (χ3v) is 6.55. The number of rotatable bonds is 11. The van der Waals surface area contributed by atoms with Crippen molar-refractivity contribution in [1.82, 2.24) is 4.57 Å². The minimum absolute atomic E-state index is 0.0814. The van der Waals surface area contributed by atoms with Crippen LogP contribution in [-0.4, -0.2) is 40.2 Å². The fraction of sp³-hybridized carbons (Fsp3) is 0.250. The van der Waals surface area contributed by atoms with E-state index >= 15 is 0 Å². The standard InChI is InChI=1S/C28H27NO6S/c1-18(2)35-24(27(31)32)16-19-8-11-22(12-9-19)34-15-14-29-23-13-10-21(17-25(23)36-28(29)33)26(30)20-6-4-3-5-7-20/h3-13,17-18,24H,14-16H2,1-2H3,(H,31,32). The third kappa shape index (κ3) is 6.08. The van der Waals surface area contributed by atoms with Gasteiger partial charge in [-0.3, -0.25) is 14.2 Å². The minimum atomic E-state index is -0.992. The monoisotopic (exact) mass is 505 g/mol. The van der Waals surface area contributed by atoms with Gasteiger partial charge < -0.3 is 14.6 Å². The van der Waals surface area contributed by atoms with Gasteiger partial charge in [-0.2, -0.15) is 0 Å². The van der Waals surface area contributed by atoms with Crippen LogP contribution in [0.5, 0.6) is 5.75 Å². The molecule has 0 bridgehead atoms. The van der Waals surface area contributed by atoms with Crippen LogP contribution < -0.4 is 9.61 Å². The Kier molecular flexibility index (Phi) is 7.97. The highest BCUT2D eigenvalue weighted by Gasteiger charge is 2.20. The zero-order valence-electron chi connectivity index (χ0n) is 20.0. The first-order valence-corrected chi connectivity index (χ1v) is 12.5. The van der Waals surface area contributed by atoms with Crippen molar-refractivity contribution in [3.05, 3.63) is 99.2 Å². The van der Waals surface area contributed by atoms with E-state index in [1.54, 1.807) is 60.9 Å². The molecule has 8 heteroatoms. The van der Waals surface area contributed by atoms with E-state index < -0.39 is 12.1 Å². The first-order valence-electron chi connectivity index (χ1n) is 11.6. The van der Waals surface area contributed by atoms with E-state index in [0.29, 0.717) is 23.4 Å². The molecular weight excluding hydrogens is 478 g/mol. The number of ether oxygens (including phenoxy) is 2. The second-order valence-corrected chi connectivity index (χ2v) is 9.60. The van der Waals surface area contributed by atoms with Crippen LogP contribution in [0.15, 0.2) is 77.6 Å². The molecule has 0 fully saturated rings. The van der Waals surface area contributed by atoms with Crippen LogP contribution in [0.1, 0.15) is 35.3 Å². The average Bonchev–Trinajstić information content (AvgIpc) is 3.18. The molecule has 0 saturated heterocycles. The number of hydrogen-bond acceptors (Lipinski definition) is 6. The van der Waals surface area contributed by atoms with Gasteiger partial charge >= 0.3 is 10.8 Å². The number of aliphatic carboxylic acids is 1. The molecule has 7 nitrogen and oxygen atoms in total. The molecule has 0 spiro atoms. The van der Waals surface area contributed by atoms with E-state index in [-0.39, 0.29) is 29.8 Å². The van der Waals surface area contributed by atoms with Crippen molar-refractivity contribution in [1.29, 1.82) is 0 Å². The lowest BCUT2D eigenvalue weighted by atomic mass is 10.0. The summed E-state index contributed by atoms with van der Waals surface area (Å²) in [7, 11) is 0. The van der Waals surface area contributed by atoms with Crippen LogP contribution in [-0.2, 0) is 22.5 Å². The molecule has 0 aliphatic carbocycles. The highest BCUT2D eigenvalue weighted by molar-refractivity contribution is 7.16. The fourth-order valence-electron chi connectivity index (χ4n) is 3.89. The van der Waals surface area contributed by atoms with Gasteiger partial charge in [-0.05, 0) is 49.7 Å². The van der Waals surface area contributed by atoms with Crippen LogP contribution in [0.25, 0.3) is 10.2 Å². The average molecular weight is 506 g/mol. The third-order valence-electron chi connectivity index (χ3n) is 5.61. The van der Waals surface area contributed by atoms with Gasteiger partial charge in [0.25, 0.3) is 0 Å². The SMILES string of the molecule is CC(C)OC(Cc1ccc(OCCn2c(=O)sc3cc(C(=O)c4ccccc4)ccc32)cc1)C(=O)O. The van der Waals surface area contributed by atoms with Gasteiger partial charge in [0.1, 0.15) is 12.4 Å². The number of nitrogens with zero attached hydrogens (tertiary/aromatic N) is 1. The van der Waals surface area contributed by atoms with Gasteiger partial charge in [0.05, 0.1) is 22.9 Å². The Bertz CT molecular complexity index is 1410. The van der Waals surface area contributed by atoms with Gasteiger partial charge in [-0.15, -0.1) is 0 Å². The van der Waals surface area contributed by atoms with Crippen LogP contribution in [0.4, 0.5) is 0 Å². The molecule has 0 radical (unpaired) electrons. The van der Waals surface area contributed by atoms with E-state index in [1.165, 1.54) is 0 Å². The lowest BCUT2D eigenvalue weighted by Crippen LogP contribution is -2.29. The van der Waals surface area contributed by atoms with Crippen LogP contribution in [0, 0.1) is 0 Å². The predicted octanol–water partition coefficient (Wildman–Crippen LogP) is 4.79. The molecule has 1 aromatic heterocycles. The normalized spacial score (nSPS) is 12.1. The summed E-state index contributed by atoms with van der Waals surface area (Å²) < 4.78 is 13.7. The van der Waals surface area contributed by atoms with Gasteiger partial charge in [-0.1, -0.05) is 53.8 Å². The van der Waals surface area contributed by atoms with Gasteiger partial charge in [0, 0.05) is 17.5 Å². The highest BCUT2D eigenvalue weighted by atomic mass is 32.1. The number of ketones is 1. The number of carboxylic acid groups (broad SMARTS) is 1. The number of thiazole rings is 1. The predicted molar refractivity (Wildman–Crippen MR) is 139 cm³/mol. The summed E-state index contributed by atoms with van der Waals surface area (Å²) in [5.74, 6) is -0.449. The highest BCUT2D eigenvalue weighted by Crippen LogP contribution is 2.21. The molecule has 4 rings (SSSR count). The molecule has 1 atom stereocenters. The summed E-state index contributed by atoms with van der Waals surface area (Å²) >= 11 is 1.11. The van der Waals surface area contributed by atoms with Crippen molar-refractivity contribution in [3.63, 3.8) is 0 Å². The molecule has 0 aliphatic heterocycles. The number of hydrogen-bond donors (Lipinski definition) is 1. The second kappa shape index (κ2) is 11.3. The largest absolute Gasteiger partial charge is 0.492 e. The molecule has 1 heterocycles. The molecule has 3 aromatic carbocycles. The maximum absolute atomic E-state index is 12.7. The molecule has 1 unspecified atom stereocenters.